The number of rotatable bonds is 2. The maximum Gasteiger partial charge on any atom is 2.00 e. The quantitative estimate of drug-likeness (QED) is 0.579. The second kappa shape index (κ2) is 4.67. The molecule has 0 amide bonds. The maximum absolute atomic E-state index is 10.3. The molecule has 0 atom stereocenters. The number of hydrogen-bond acceptors (Lipinski definition) is 6. The average molecular weight is 255 g/mol. The molecule has 1 aromatic rings. The SMILES string of the molecule is O=C([O-])c1cc(O)c(C(=O)[O-])cc1O.[Co+2]. The van der Waals surface area contributed by atoms with Crippen LogP contribution in [0.5, 0.6) is 11.5 Å². The Morgan fingerprint density at radius 1 is 0.933 bits per heavy atom. The first-order chi connectivity index (χ1) is 6.43. The number of benzene rings is 1. The number of aromatic hydroxyl groups is 2. The van der Waals surface area contributed by atoms with Gasteiger partial charge in [-0.1, -0.05) is 0 Å². The van der Waals surface area contributed by atoms with Crippen molar-refractivity contribution in [2.45, 2.75) is 0 Å². The predicted octanol–water partition coefficient (Wildman–Crippen LogP) is -2.18. The zero-order valence-electron chi connectivity index (χ0n) is 7.02. The number of carbonyl (C=O) groups is 2. The van der Waals surface area contributed by atoms with Gasteiger partial charge in [0.15, 0.2) is 0 Å². The Morgan fingerprint density at radius 2 is 1.20 bits per heavy atom. The molecule has 1 aromatic carbocycles. The van der Waals surface area contributed by atoms with Gasteiger partial charge in [-0.15, -0.1) is 0 Å². The molecule has 0 saturated carbocycles. The van der Waals surface area contributed by atoms with E-state index in [1.165, 1.54) is 0 Å². The third-order valence-corrected chi connectivity index (χ3v) is 1.55. The minimum Gasteiger partial charge on any atom is -0.545 e. The van der Waals surface area contributed by atoms with Crippen LogP contribution in [0.3, 0.4) is 0 Å². The summed E-state index contributed by atoms with van der Waals surface area (Å²) in [6.45, 7) is 0. The standard InChI is InChI=1S/C8H6O6.Co/c9-5-1-3(7(11)12)6(10)2-4(5)8(13)14;/h1-2,9-10H,(H,11,12)(H,13,14);/q;+2/p-2. The van der Waals surface area contributed by atoms with E-state index in [1.807, 2.05) is 0 Å². The Kier molecular flexibility index (Phi) is 4.13. The Balaban J connectivity index is 0.00000196. The van der Waals surface area contributed by atoms with Gasteiger partial charge in [-0.2, -0.15) is 0 Å². The van der Waals surface area contributed by atoms with Crippen LogP contribution in [-0.2, 0) is 16.8 Å². The minimum atomic E-state index is -1.72. The molecule has 6 nitrogen and oxygen atoms in total. The van der Waals surface area contributed by atoms with E-state index in [9.17, 15) is 19.8 Å². The van der Waals surface area contributed by atoms with Crippen LogP contribution >= 0.6 is 0 Å². The van der Waals surface area contributed by atoms with Crippen molar-refractivity contribution in [3.8, 4) is 11.5 Å². The van der Waals surface area contributed by atoms with Crippen LogP contribution < -0.4 is 10.2 Å². The van der Waals surface area contributed by atoms with Gasteiger partial charge in [-0.25, -0.2) is 0 Å². The summed E-state index contributed by atoms with van der Waals surface area (Å²) in [7, 11) is 0. The molecule has 2 N–H and O–H groups in total. The van der Waals surface area contributed by atoms with Gasteiger partial charge in [0.05, 0.1) is 11.9 Å². The van der Waals surface area contributed by atoms with Crippen molar-refractivity contribution in [3.05, 3.63) is 23.3 Å². The van der Waals surface area contributed by atoms with Crippen molar-refractivity contribution in [2.24, 2.45) is 0 Å². The van der Waals surface area contributed by atoms with Crippen LogP contribution in [0.1, 0.15) is 20.7 Å². The van der Waals surface area contributed by atoms with Crippen LogP contribution in [-0.4, -0.2) is 22.2 Å². The molecule has 0 aliphatic rings. The van der Waals surface area contributed by atoms with Crippen molar-refractivity contribution >= 4 is 11.9 Å². The van der Waals surface area contributed by atoms with Crippen molar-refractivity contribution in [1.29, 1.82) is 0 Å². The first-order valence-electron chi connectivity index (χ1n) is 3.42. The van der Waals surface area contributed by atoms with Crippen molar-refractivity contribution in [3.63, 3.8) is 0 Å². The van der Waals surface area contributed by atoms with Gasteiger partial charge in [0.1, 0.15) is 11.5 Å². The van der Waals surface area contributed by atoms with Crippen molar-refractivity contribution in [2.75, 3.05) is 0 Å². The van der Waals surface area contributed by atoms with Gasteiger partial charge in [0.2, 0.25) is 0 Å². The summed E-state index contributed by atoms with van der Waals surface area (Å²) in [5.41, 5.74) is -1.38. The molecule has 0 aliphatic carbocycles. The Labute approximate surface area is 94.0 Å². The molecule has 0 fully saturated rings. The van der Waals surface area contributed by atoms with Crippen LogP contribution in [0.25, 0.3) is 0 Å². The van der Waals surface area contributed by atoms with Crippen LogP contribution in [0.2, 0.25) is 0 Å². The second-order valence-electron chi connectivity index (χ2n) is 2.46. The van der Waals surface area contributed by atoms with Crippen molar-refractivity contribution < 1.29 is 46.8 Å². The van der Waals surface area contributed by atoms with Crippen LogP contribution in [0.15, 0.2) is 12.1 Å². The van der Waals surface area contributed by atoms with E-state index < -0.39 is 34.6 Å². The third kappa shape index (κ3) is 2.61. The predicted molar refractivity (Wildman–Crippen MR) is 38.4 cm³/mol. The molecule has 0 aliphatic heterocycles. The smallest absolute Gasteiger partial charge is 0.545 e. The van der Waals surface area contributed by atoms with E-state index in [0.717, 1.165) is 0 Å². The summed E-state index contributed by atoms with van der Waals surface area (Å²) in [4.78, 5) is 20.6. The Bertz CT molecular complexity index is 374. The number of carboxylic acids is 2. The fraction of sp³-hybridized carbons (Fsp3) is 0. The van der Waals surface area contributed by atoms with E-state index in [4.69, 9.17) is 10.2 Å². The fourth-order valence-electron chi connectivity index (χ4n) is 0.904. The number of hydrogen-bond donors (Lipinski definition) is 2. The molecule has 0 saturated heterocycles. The molecule has 0 unspecified atom stereocenters. The molecule has 15 heavy (non-hydrogen) atoms. The Hall–Kier alpha value is -1.73. The van der Waals surface area contributed by atoms with Gasteiger partial charge in [-0.3, -0.25) is 0 Å². The number of phenols is 2. The molecule has 7 heteroatoms. The summed E-state index contributed by atoms with van der Waals surface area (Å²) in [5.74, 6) is -5.05. The minimum absolute atomic E-state index is 0. The molecule has 1 radical (unpaired) electrons. The normalized spacial score (nSPS) is 9.07. The third-order valence-electron chi connectivity index (χ3n) is 1.55. The molecule has 0 aromatic heterocycles. The average Bonchev–Trinajstić information content (AvgIpc) is 2.07. The van der Waals surface area contributed by atoms with Crippen LogP contribution in [0, 0.1) is 0 Å². The van der Waals surface area contributed by atoms with E-state index in [2.05, 4.69) is 0 Å². The molecule has 0 heterocycles. The number of aromatic carboxylic acids is 2. The van der Waals surface area contributed by atoms with E-state index in [1.54, 1.807) is 0 Å². The van der Waals surface area contributed by atoms with Crippen LogP contribution in [0.4, 0.5) is 0 Å². The summed E-state index contributed by atoms with van der Waals surface area (Å²) in [6.07, 6.45) is 0. The maximum atomic E-state index is 10.3. The monoisotopic (exact) mass is 255 g/mol. The molecular formula is C8H4CoO6. The Morgan fingerprint density at radius 3 is 1.40 bits per heavy atom. The van der Waals surface area contributed by atoms with Gasteiger partial charge >= 0.3 is 16.8 Å². The number of carbonyl (C=O) groups excluding carboxylic acids is 2. The molecule has 81 valence electrons. The molecule has 1 rings (SSSR count). The topological polar surface area (TPSA) is 121 Å². The second-order valence-corrected chi connectivity index (χ2v) is 2.46. The summed E-state index contributed by atoms with van der Waals surface area (Å²) >= 11 is 0. The first-order valence-corrected chi connectivity index (χ1v) is 3.42. The largest absolute Gasteiger partial charge is 2.00 e. The van der Waals surface area contributed by atoms with Gasteiger partial charge in [0.25, 0.3) is 0 Å². The molecule has 0 spiro atoms. The van der Waals surface area contributed by atoms with Crippen molar-refractivity contribution in [1.82, 2.24) is 0 Å². The zero-order valence-corrected chi connectivity index (χ0v) is 8.06. The van der Waals surface area contributed by atoms with Gasteiger partial charge < -0.3 is 30.0 Å². The first kappa shape index (κ1) is 13.3. The van der Waals surface area contributed by atoms with E-state index >= 15 is 0 Å². The number of carboxylic acid groups (broad SMARTS) is 2. The summed E-state index contributed by atoms with van der Waals surface area (Å²) < 4.78 is 0. The summed E-state index contributed by atoms with van der Waals surface area (Å²) in [6, 6.07) is 1.16. The molecule has 0 bridgehead atoms. The van der Waals surface area contributed by atoms with Gasteiger partial charge in [-0.05, 0) is 12.1 Å². The van der Waals surface area contributed by atoms with Gasteiger partial charge in [0, 0.05) is 11.1 Å². The van der Waals surface area contributed by atoms with E-state index in [-0.39, 0.29) is 16.8 Å². The zero-order chi connectivity index (χ0) is 10.9. The van der Waals surface area contributed by atoms with E-state index in [0.29, 0.717) is 12.1 Å². The fourth-order valence-corrected chi connectivity index (χ4v) is 0.904. The molecular weight excluding hydrogens is 251 g/mol. The summed E-state index contributed by atoms with van der Waals surface area (Å²) in [5, 5.41) is 38.6.